The van der Waals surface area contributed by atoms with Gasteiger partial charge in [0.05, 0.1) is 6.04 Å². The number of hydrogen-bond acceptors (Lipinski definition) is 6. The standard InChI is InChI=1S/C29H28Cl2N2O6/c1-3-4-23(29(36)37)33-24(18-5-9-21(30)10-6-18)25(19-7-11-22(31)12-8-19)39-27(28(33)35)26(38-17(2)34)20-13-15-32-16-14-20/h5-16,23-27H,3-4H2,1-2H3,(H,36,37)/t23?,24-,25+,26?,27+/m1/s1. The number of pyridine rings is 1. The Bertz CT molecular complexity index is 1300. The van der Waals surface area contributed by atoms with E-state index in [9.17, 15) is 19.5 Å². The lowest BCUT2D eigenvalue weighted by molar-refractivity contribution is -0.202. The van der Waals surface area contributed by atoms with Gasteiger partial charge in [0.1, 0.15) is 12.1 Å². The zero-order valence-corrected chi connectivity index (χ0v) is 22.9. The van der Waals surface area contributed by atoms with E-state index in [1.165, 1.54) is 24.2 Å². The van der Waals surface area contributed by atoms with Crippen molar-refractivity contribution < 1.29 is 29.0 Å². The predicted octanol–water partition coefficient (Wildman–Crippen LogP) is 5.96. The summed E-state index contributed by atoms with van der Waals surface area (Å²) in [5, 5.41) is 11.3. The van der Waals surface area contributed by atoms with Gasteiger partial charge in [-0.25, -0.2) is 4.79 Å². The Labute approximate surface area is 236 Å². The molecule has 204 valence electrons. The number of amides is 1. The van der Waals surface area contributed by atoms with E-state index >= 15 is 0 Å². The number of aliphatic carboxylic acids is 1. The van der Waals surface area contributed by atoms with E-state index in [-0.39, 0.29) is 6.42 Å². The van der Waals surface area contributed by atoms with E-state index in [0.29, 0.717) is 33.2 Å². The van der Waals surface area contributed by atoms with E-state index in [1.54, 1.807) is 60.7 Å². The molecule has 1 N–H and O–H groups in total. The van der Waals surface area contributed by atoms with Crippen LogP contribution in [0.25, 0.3) is 0 Å². The van der Waals surface area contributed by atoms with Crippen molar-refractivity contribution in [3.8, 4) is 0 Å². The van der Waals surface area contributed by atoms with Crippen molar-refractivity contribution >= 4 is 41.0 Å². The van der Waals surface area contributed by atoms with E-state index in [4.69, 9.17) is 32.7 Å². The molecule has 0 bridgehead atoms. The smallest absolute Gasteiger partial charge is 0.326 e. The average Bonchev–Trinajstić information content (AvgIpc) is 2.92. The van der Waals surface area contributed by atoms with Crippen molar-refractivity contribution in [1.82, 2.24) is 9.88 Å². The highest BCUT2D eigenvalue weighted by molar-refractivity contribution is 6.30. The fourth-order valence-electron chi connectivity index (χ4n) is 4.87. The molecule has 0 aliphatic carbocycles. The number of benzene rings is 2. The normalized spacial score (nSPS) is 20.8. The van der Waals surface area contributed by atoms with E-state index in [1.807, 2.05) is 6.92 Å². The molecule has 10 heteroatoms. The summed E-state index contributed by atoms with van der Waals surface area (Å²) < 4.78 is 12.1. The molecule has 1 aliphatic heterocycles. The van der Waals surface area contributed by atoms with Gasteiger partial charge in [-0.3, -0.25) is 14.6 Å². The lowest BCUT2D eigenvalue weighted by Crippen LogP contribution is -2.58. The van der Waals surface area contributed by atoms with Crippen LogP contribution in [-0.2, 0) is 23.9 Å². The Morgan fingerprint density at radius 1 is 1.00 bits per heavy atom. The van der Waals surface area contributed by atoms with Crippen LogP contribution < -0.4 is 0 Å². The van der Waals surface area contributed by atoms with Gasteiger partial charge in [0.2, 0.25) is 0 Å². The largest absolute Gasteiger partial charge is 0.480 e. The van der Waals surface area contributed by atoms with Gasteiger partial charge in [-0.15, -0.1) is 0 Å². The summed E-state index contributed by atoms with van der Waals surface area (Å²) in [7, 11) is 0. The third kappa shape index (κ3) is 6.41. The number of morpholine rings is 1. The monoisotopic (exact) mass is 570 g/mol. The Morgan fingerprint density at radius 3 is 2.08 bits per heavy atom. The van der Waals surface area contributed by atoms with Crippen LogP contribution in [0.15, 0.2) is 73.1 Å². The SMILES string of the molecule is CCCC(C(=O)O)N1C(=O)[C@H](C(OC(C)=O)c2ccncc2)O[C@@H](c2ccc(Cl)cc2)[C@H]1c1ccc(Cl)cc1. The predicted molar refractivity (Wildman–Crippen MR) is 145 cm³/mol. The van der Waals surface area contributed by atoms with Crippen molar-refractivity contribution in [3.63, 3.8) is 0 Å². The van der Waals surface area contributed by atoms with Crippen LogP contribution >= 0.6 is 23.2 Å². The lowest BCUT2D eigenvalue weighted by Gasteiger charge is -2.48. The molecule has 1 fully saturated rings. The number of carboxylic acid groups (broad SMARTS) is 1. The Hall–Kier alpha value is -3.46. The number of ether oxygens (including phenoxy) is 2. The molecule has 0 radical (unpaired) electrons. The van der Waals surface area contributed by atoms with Crippen LogP contribution in [0.3, 0.4) is 0 Å². The first-order chi connectivity index (χ1) is 18.7. The number of nitrogens with zero attached hydrogens (tertiary/aromatic N) is 2. The van der Waals surface area contributed by atoms with Crippen LogP contribution in [0.5, 0.6) is 0 Å². The van der Waals surface area contributed by atoms with E-state index in [0.717, 1.165) is 0 Å². The molecule has 0 saturated carbocycles. The Balaban J connectivity index is 1.93. The molecule has 8 nitrogen and oxygen atoms in total. The summed E-state index contributed by atoms with van der Waals surface area (Å²) in [6.07, 6.45) is 0.450. The van der Waals surface area contributed by atoms with Gasteiger partial charge in [0.15, 0.2) is 12.2 Å². The van der Waals surface area contributed by atoms with Crippen molar-refractivity contribution in [2.75, 3.05) is 0 Å². The maximum absolute atomic E-state index is 14.3. The van der Waals surface area contributed by atoms with Crippen LogP contribution in [-0.4, -0.2) is 45.0 Å². The van der Waals surface area contributed by atoms with Gasteiger partial charge < -0.3 is 19.5 Å². The second kappa shape index (κ2) is 12.6. The Morgan fingerprint density at radius 2 is 1.56 bits per heavy atom. The fourth-order valence-corrected chi connectivity index (χ4v) is 5.12. The molecule has 1 aliphatic rings. The summed E-state index contributed by atoms with van der Waals surface area (Å²) in [6, 6.07) is 15.0. The number of carboxylic acids is 1. The van der Waals surface area contributed by atoms with Gasteiger partial charge in [0, 0.05) is 29.4 Å². The molecule has 0 spiro atoms. The van der Waals surface area contributed by atoms with Crippen LogP contribution in [0.2, 0.25) is 10.0 Å². The zero-order valence-electron chi connectivity index (χ0n) is 21.4. The van der Waals surface area contributed by atoms with Crippen molar-refractivity contribution in [1.29, 1.82) is 0 Å². The Kier molecular flexibility index (Phi) is 9.22. The highest BCUT2D eigenvalue weighted by Gasteiger charge is 2.51. The first-order valence-corrected chi connectivity index (χ1v) is 13.2. The van der Waals surface area contributed by atoms with Gasteiger partial charge in [-0.2, -0.15) is 0 Å². The first kappa shape index (κ1) is 28.5. The minimum atomic E-state index is -1.33. The molecule has 3 aromatic rings. The molecule has 2 aromatic carbocycles. The molecular weight excluding hydrogens is 543 g/mol. The summed E-state index contributed by atoms with van der Waals surface area (Å²) >= 11 is 12.3. The topological polar surface area (TPSA) is 106 Å². The minimum absolute atomic E-state index is 0.207. The summed E-state index contributed by atoms with van der Waals surface area (Å²) in [6.45, 7) is 3.09. The fraction of sp³-hybridized carbons (Fsp3) is 0.310. The number of halogens is 2. The highest BCUT2D eigenvalue weighted by Crippen LogP contribution is 2.46. The molecule has 2 heterocycles. The quantitative estimate of drug-likeness (QED) is 0.316. The summed E-state index contributed by atoms with van der Waals surface area (Å²) in [5.41, 5.74) is 1.79. The second-order valence-electron chi connectivity index (χ2n) is 9.22. The van der Waals surface area contributed by atoms with Gasteiger partial charge in [-0.1, -0.05) is 60.8 Å². The molecular formula is C29H28Cl2N2O6. The first-order valence-electron chi connectivity index (χ1n) is 12.5. The zero-order chi connectivity index (χ0) is 28.1. The molecule has 4 rings (SSSR count). The lowest BCUT2D eigenvalue weighted by atomic mass is 9.88. The van der Waals surface area contributed by atoms with Crippen molar-refractivity contribution in [3.05, 3.63) is 99.8 Å². The maximum Gasteiger partial charge on any atom is 0.326 e. The molecule has 1 aromatic heterocycles. The average molecular weight is 571 g/mol. The number of rotatable bonds is 9. The van der Waals surface area contributed by atoms with Crippen molar-refractivity contribution in [2.45, 2.75) is 57.1 Å². The number of aromatic nitrogens is 1. The van der Waals surface area contributed by atoms with Gasteiger partial charge >= 0.3 is 11.9 Å². The highest BCUT2D eigenvalue weighted by atomic mass is 35.5. The summed E-state index contributed by atoms with van der Waals surface area (Å²) in [4.78, 5) is 44.5. The number of hydrogen-bond donors (Lipinski definition) is 1. The molecule has 5 atom stereocenters. The van der Waals surface area contributed by atoms with Crippen LogP contribution in [0.4, 0.5) is 0 Å². The maximum atomic E-state index is 14.3. The molecule has 39 heavy (non-hydrogen) atoms. The van der Waals surface area contributed by atoms with Crippen molar-refractivity contribution in [2.24, 2.45) is 0 Å². The number of carbonyl (C=O) groups is 3. The number of carbonyl (C=O) groups excluding carboxylic acids is 2. The van der Waals surface area contributed by atoms with Crippen LogP contribution in [0, 0.1) is 0 Å². The molecule has 1 amide bonds. The molecule has 2 unspecified atom stereocenters. The summed E-state index contributed by atoms with van der Waals surface area (Å²) in [5.74, 6) is -2.37. The third-order valence-electron chi connectivity index (χ3n) is 6.57. The minimum Gasteiger partial charge on any atom is -0.480 e. The van der Waals surface area contributed by atoms with Gasteiger partial charge in [0.25, 0.3) is 5.91 Å². The van der Waals surface area contributed by atoms with Gasteiger partial charge in [-0.05, 0) is 59.5 Å². The number of esters is 1. The van der Waals surface area contributed by atoms with E-state index < -0.39 is 48.2 Å². The van der Waals surface area contributed by atoms with Crippen LogP contribution in [0.1, 0.15) is 61.6 Å². The molecule has 1 saturated heterocycles. The third-order valence-corrected chi connectivity index (χ3v) is 7.08. The van der Waals surface area contributed by atoms with E-state index in [2.05, 4.69) is 4.98 Å². The second-order valence-corrected chi connectivity index (χ2v) is 10.1.